The monoisotopic (exact) mass is 678 g/mol. The molecule has 0 aliphatic heterocycles. The highest BCUT2D eigenvalue weighted by Gasteiger charge is 2.12. The van der Waals surface area contributed by atoms with Crippen LogP contribution < -0.4 is 9.47 Å². The third-order valence-corrected chi connectivity index (χ3v) is 9.71. The van der Waals surface area contributed by atoms with Gasteiger partial charge in [0.05, 0.1) is 0 Å². The fraction of sp³-hybridized carbons (Fsp3) is 0.478. The molecule has 0 heterocycles. The zero-order valence-electron chi connectivity index (χ0n) is 30.9. The summed E-state index contributed by atoms with van der Waals surface area (Å²) < 4.78 is 12.0. The Balaban J connectivity index is 1.17. The van der Waals surface area contributed by atoms with Crippen LogP contribution in [-0.2, 0) is 26.1 Å². The van der Waals surface area contributed by atoms with Gasteiger partial charge >= 0.3 is 0 Å². The number of ether oxygens (including phenoxy) is 2. The highest BCUT2D eigenvalue weighted by atomic mass is 16.5. The SMILES string of the molecule is CCCCCCCCCCc1ccc(OCc2ccc(-c3ccc(COc4ccc(CCCCCCCCCC)cc4)cc3O)c(O)c2)cc1. The Bertz CT molecular complexity index is 1380. The quantitative estimate of drug-likeness (QED) is 0.0685. The molecule has 0 aromatic heterocycles. The maximum Gasteiger partial charge on any atom is 0.123 e. The van der Waals surface area contributed by atoms with Crippen LogP contribution in [0.25, 0.3) is 11.1 Å². The van der Waals surface area contributed by atoms with Gasteiger partial charge < -0.3 is 19.7 Å². The van der Waals surface area contributed by atoms with Crippen molar-refractivity contribution in [3.63, 3.8) is 0 Å². The molecule has 4 heteroatoms. The van der Waals surface area contributed by atoms with Crippen LogP contribution in [0, 0.1) is 0 Å². The van der Waals surface area contributed by atoms with E-state index in [1.54, 1.807) is 12.1 Å². The first-order valence-electron chi connectivity index (χ1n) is 19.6. The number of phenols is 2. The maximum absolute atomic E-state index is 10.9. The van der Waals surface area contributed by atoms with Gasteiger partial charge in [-0.15, -0.1) is 0 Å². The number of aromatic hydroxyl groups is 2. The van der Waals surface area contributed by atoms with Gasteiger partial charge in [-0.25, -0.2) is 0 Å². The summed E-state index contributed by atoms with van der Waals surface area (Å²) in [5, 5.41) is 21.7. The molecule has 0 bridgehead atoms. The molecular weight excluding hydrogens is 617 g/mol. The van der Waals surface area contributed by atoms with Gasteiger partial charge in [0.15, 0.2) is 0 Å². The molecule has 270 valence electrons. The Morgan fingerprint density at radius 2 is 0.700 bits per heavy atom. The molecule has 4 aromatic rings. The van der Waals surface area contributed by atoms with Crippen molar-refractivity contribution in [1.29, 1.82) is 0 Å². The topological polar surface area (TPSA) is 58.9 Å². The normalized spacial score (nSPS) is 11.2. The van der Waals surface area contributed by atoms with Gasteiger partial charge in [-0.3, -0.25) is 0 Å². The lowest BCUT2D eigenvalue weighted by atomic mass is 10.0. The largest absolute Gasteiger partial charge is 0.507 e. The summed E-state index contributed by atoms with van der Waals surface area (Å²) in [6, 6.07) is 27.7. The van der Waals surface area contributed by atoms with Gasteiger partial charge in [-0.2, -0.15) is 0 Å². The van der Waals surface area contributed by atoms with E-state index in [9.17, 15) is 10.2 Å². The van der Waals surface area contributed by atoms with Crippen molar-refractivity contribution in [1.82, 2.24) is 0 Å². The van der Waals surface area contributed by atoms with E-state index in [0.29, 0.717) is 24.3 Å². The Morgan fingerprint density at radius 1 is 0.380 bits per heavy atom. The number of aryl methyl sites for hydroxylation is 2. The smallest absolute Gasteiger partial charge is 0.123 e. The van der Waals surface area contributed by atoms with Crippen molar-refractivity contribution in [3.8, 4) is 34.1 Å². The summed E-state index contributed by atoms with van der Waals surface area (Å²) in [5.74, 6) is 1.85. The van der Waals surface area contributed by atoms with E-state index in [1.807, 2.05) is 48.5 Å². The molecule has 0 saturated carbocycles. The number of phenolic OH excluding ortho intramolecular Hbond substituents is 2. The zero-order chi connectivity index (χ0) is 35.2. The van der Waals surface area contributed by atoms with Gasteiger partial charge in [0.1, 0.15) is 36.2 Å². The molecule has 2 N–H and O–H groups in total. The molecule has 0 unspecified atom stereocenters. The van der Waals surface area contributed by atoms with Crippen molar-refractivity contribution < 1.29 is 19.7 Å². The Labute approximate surface area is 302 Å². The highest BCUT2D eigenvalue weighted by molar-refractivity contribution is 5.75. The van der Waals surface area contributed by atoms with E-state index < -0.39 is 0 Å². The zero-order valence-corrected chi connectivity index (χ0v) is 30.9. The van der Waals surface area contributed by atoms with Crippen LogP contribution in [0.3, 0.4) is 0 Å². The molecule has 0 aliphatic carbocycles. The van der Waals surface area contributed by atoms with Crippen LogP contribution in [0.5, 0.6) is 23.0 Å². The lowest BCUT2D eigenvalue weighted by Crippen LogP contribution is -1.97. The molecule has 4 rings (SSSR count). The summed E-state index contributed by atoms with van der Waals surface area (Å²) in [6.45, 7) is 5.24. The molecule has 0 fully saturated rings. The lowest BCUT2D eigenvalue weighted by Gasteiger charge is -2.12. The number of rotatable bonds is 25. The molecule has 4 nitrogen and oxygen atoms in total. The number of hydrogen-bond acceptors (Lipinski definition) is 4. The van der Waals surface area contributed by atoms with Gasteiger partial charge in [0, 0.05) is 11.1 Å². The first kappa shape index (κ1) is 38.9. The van der Waals surface area contributed by atoms with Gasteiger partial charge in [-0.1, -0.05) is 152 Å². The predicted molar refractivity (Wildman–Crippen MR) is 209 cm³/mol. The minimum atomic E-state index is 0.109. The number of unbranched alkanes of at least 4 members (excludes halogenated alkanes) is 14. The van der Waals surface area contributed by atoms with E-state index in [4.69, 9.17) is 9.47 Å². The summed E-state index contributed by atoms with van der Waals surface area (Å²) >= 11 is 0. The molecule has 0 aliphatic rings. The van der Waals surface area contributed by atoms with E-state index in [0.717, 1.165) is 35.5 Å². The van der Waals surface area contributed by atoms with Gasteiger partial charge in [0.2, 0.25) is 0 Å². The predicted octanol–water partition coefficient (Wildman–Crippen LogP) is 13.3. The van der Waals surface area contributed by atoms with Gasteiger partial charge in [-0.05, 0) is 84.3 Å². The molecule has 50 heavy (non-hydrogen) atoms. The van der Waals surface area contributed by atoms with Gasteiger partial charge in [0.25, 0.3) is 0 Å². The standard InChI is InChI=1S/C46H62O4/c1-3-5-7-9-11-13-15-17-19-37-21-27-41(28-22-37)49-35-39-25-31-43(45(47)33-39)44-32-26-40(34-46(44)48)36-50-42-29-23-38(24-30-42)20-18-16-14-12-10-8-6-4-2/h21-34,47-48H,3-20,35-36H2,1-2H3. The number of benzene rings is 4. The molecule has 0 atom stereocenters. The first-order valence-corrected chi connectivity index (χ1v) is 19.6. The molecule has 0 amide bonds. The second-order valence-corrected chi connectivity index (χ2v) is 14.0. The minimum absolute atomic E-state index is 0.109. The minimum Gasteiger partial charge on any atom is -0.507 e. The van der Waals surface area contributed by atoms with Crippen LogP contribution in [0.1, 0.15) is 139 Å². The Morgan fingerprint density at radius 3 is 1.04 bits per heavy atom. The highest BCUT2D eigenvalue weighted by Crippen LogP contribution is 2.37. The average Bonchev–Trinajstić information content (AvgIpc) is 3.13. The van der Waals surface area contributed by atoms with Crippen molar-refractivity contribution in [3.05, 3.63) is 107 Å². The van der Waals surface area contributed by atoms with Crippen LogP contribution in [0.2, 0.25) is 0 Å². The van der Waals surface area contributed by atoms with Crippen LogP contribution in [0.15, 0.2) is 84.9 Å². The first-order chi connectivity index (χ1) is 24.6. The lowest BCUT2D eigenvalue weighted by molar-refractivity contribution is 0.305. The fourth-order valence-electron chi connectivity index (χ4n) is 6.55. The molecule has 0 saturated heterocycles. The van der Waals surface area contributed by atoms with Crippen molar-refractivity contribution in [2.45, 2.75) is 143 Å². The molecule has 0 spiro atoms. The summed E-state index contributed by atoms with van der Waals surface area (Å²) in [6.07, 6.45) is 23.6. The Hall–Kier alpha value is -3.92. The summed E-state index contributed by atoms with van der Waals surface area (Å²) in [4.78, 5) is 0. The number of hydrogen-bond donors (Lipinski definition) is 2. The summed E-state index contributed by atoms with van der Waals surface area (Å²) in [5.41, 5.74) is 5.58. The van der Waals surface area contributed by atoms with E-state index in [2.05, 4.69) is 38.1 Å². The third kappa shape index (κ3) is 14.1. The molecule has 0 radical (unpaired) electrons. The second kappa shape index (κ2) is 22.7. The Kier molecular flexibility index (Phi) is 17.7. The third-order valence-electron chi connectivity index (χ3n) is 9.71. The molecule has 4 aromatic carbocycles. The van der Waals surface area contributed by atoms with E-state index in [-0.39, 0.29) is 11.5 Å². The second-order valence-electron chi connectivity index (χ2n) is 14.0. The average molecular weight is 679 g/mol. The molecular formula is C46H62O4. The van der Waals surface area contributed by atoms with Crippen LogP contribution in [0.4, 0.5) is 0 Å². The maximum atomic E-state index is 10.9. The van der Waals surface area contributed by atoms with Crippen molar-refractivity contribution in [2.75, 3.05) is 0 Å². The fourth-order valence-corrected chi connectivity index (χ4v) is 6.55. The van der Waals surface area contributed by atoms with Crippen molar-refractivity contribution in [2.24, 2.45) is 0 Å². The summed E-state index contributed by atoms with van der Waals surface area (Å²) in [7, 11) is 0. The van der Waals surface area contributed by atoms with Crippen LogP contribution in [-0.4, -0.2) is 10.2 Å². The van der Waals surface area contributed by atoms with Crippen LogP contribution >= 0.6 is 0 Å². The van der Waals surface area contributed by atoms with E-state index in [1.165, 1.54) is 114 Å². The van der Waals surface area contributed by atoms with Crippen molar-refractivity contribution >= 4 is 0 Å². The van der Waals surface area contributed by atoms with E-state index >= 15 is 0 Å².